The van der Waals surface area contributed by atoms with Gasteiger partial charge < -0.3 is 25.2 Å². The van der Waals surface area contributed by atoms with E-state index in [0.29, 0.717) is 38.0 Å². The van der Waals surface area contributed by atoms with Crippen molar-refractivity contribution in [2.45, 2.75) is 77.5 Å². The predicted octanol–water partition coefficient (Wildman–Crippen LogP) is 4.75. The molecule has 0 unspecified atom stereocenters. The Labute approximate surface area is 241 Å². The lowest BCUT2D eigenvalue weighted by molar-refractivity contribution is 0.0169. The Morgan fingerprint density at radius 1 is 1.02 bits per heavy atom. The number of carbonyl (C=O) groups is 2. The highest BCUT2D eigenvalue weighted by Gasteiger charge is 2.31. The van der Waals surface area contributed by atoms with Crippen molar-refractivity contribution in [2.24, 2.45) is 7.05 Å². The summed E-state index contributed by atoms with van der Waals surface area (Å²) in [7, 11) is 1.99. The number of hydrogen-bond acceptors (Lipinski definition) is 7. The van der Waals surface area contributed by atoms with Gasteiger partial charge in [0.15, 0.2) is 0 Å². The summed E-state index contributed by atoms with van der Waals surface area (Å²) in [5.74, 6) is 0.952. The zero-order valence-corrected chi connectivity index (χ0v) is 25.0. The quantitative estimate of drug-likeness (QED) is 0.461. The number of benzene rings is 1. The summed E-state index contributed by atoms with van der Waals surface area (Å²) in [4.78, 5) is 37.9. The van der Waals surface area contributed by atoms with Crippen molar-refractivity contribution in [1.82, 2.24) is 34.9 Å². The molecule has 11 heteroatoms. The lowest BCUT2D eigenvalue weighted by atomic mass is 10.0. The van der Waals surface area contributed by atoms with E-state index in [1.54, 1.807) is 16.0 Å². The van der Waals surface area contributed by atoms with Crippen LogP contribution in [0.15, 0.2) is 30.5 Å². The Morgan fingerprint density at radius 2 is 1.73 bits per heavy atom. The third kappa shape index (κ3) is 6.71. The molecule has 0 radical (unpaired) electrons. The predicted molar refractivity (Wildman–Crippen MR) is 159 cm³/mol. The normalized spacial score (nSPS) is 19.6. The first-order valence-corrected chi connectivity index (χ1v) is 14.6. The van der Waals surface area contributed by atoms with Crippen LogP contribution in [0.5, 0.6) is 0 Å². The number of piperazine rings is 1. The molecule has 0 spiro atoms. The topological polar surface area (TPSA) is 118 Å². The van der Waals surface area contributed by atoms with E-state index in [1.165, 1.54) is 5.69 Å². The zero-order chi connectivity index (χ0) is 29.3. The SMILES string of the molecule is CC(C)c1c2cc(-c3ccnc(N[C@H]4CC[C@H](NC(=O)N5CCN(C(=O)OC(C)(C)C)CC5)C4)n3)ccc2nn1C. The summed E-state index contributed by atoms with van der Waals surface area (Å²) in [6.45, 7) is 11.8. The molecule has 11 nitrogen and oxygen atoms in total. The van der Waals surface area contributed by atoms with Crippen LogP contribution in [0.4, 0.5) is 15.5 Å². The summed E-state index contributed by atoms with van der Waals surface area (Å²) >= 11 is 0. The number of carbonyl (C=O) groups excluding carboxylic acids is 2. The minimum Gasteiger partial charge on any atom is -0.444 e. The highest BCUT2D eigenvalue weighted by atomic mass is 16.6. The molecule has 3 amide bonds. The van der Waals surface area contributed by atoms with Crippen LogP contribution in [0, 0.1) is 0 Å². The van der Waals surface area contributed by atoms with E-state index in [1.807, 2.05) is 44.6 Å². The Morgan fingerprint density at radius 3 is 2.44 bits per heavy atom. The summed E-state index contributed by atoms with van der Waals surface area (Å²) in [6.07, 6.45) is 4.07. The number of amides is 3. The average molecular weight is 563 g/mol. The number of nitrogens with one attached hydrogen (secondary N) is 2. The maximum Gasteiger partial charge on any atom is 0.410 e. The van der Waals surface area contributed by atoms with Crippen molar-refractivity contribution in [3.8, 4) is 11.3 Å². The van der Waals surface area contributed by atoms with Crippen LogP contribution in [0.2, 0.25) is 0 Å². The molecule has 2 N–H and O–H groups in total. The fourth-order valence-electron chi connectivity index (χ4n) is 5.76. The fraction of sp³-hybridized carbons (Fsp3) is 0.567. The number of ether oxygens (including phenoxy) is 1. The summed E-state index contributed by atoms with van der Waals surface area (Å²) < 4.78 is 7.42. The van der Waals surface area contributed by atoms with Gasteiger partial charge in [0, 0.05) is 68.2 Å². The number of rotatable bonds is 5. The number of nitrogens with zero attached hydrogens (tertiary/aromatic N) is 6. The number of hydrogen-bond donors (Lipinski definition) is 2. The first-order chi connectivity index (χ1) is 19.5. The number of urea groups is 1. The molecule has 220 valence electrons. The van der Waals surface area contributed by atoms with E-state index >= 15 is 0 Å². The van der Waals surface area contributed by atoms with Crippen LogP contribution in [0.25, 0.3) is 22.2 Å². The van der Waals surface area contributed by atoms with Gasteiger partial charge in [-0.05, 0) is 64.2 Å². The molecule has 1 aliphatic carbocycles. The van der Waals surface area contributed by atoms with Crippen molar-refractivity contribution < 1.29 is 14.3 Å². The van der Waals surface area contributed by atoms with Crippen LogP contribution >= 0.6 is 0 Å². The van der Waals surface area contributed by atoms with E-state index in [4.69, 9.17) is 9.72 Å². The van der Waals surface area contributed by atoms with Gasteiger partial charge in [-0.3, -0.25) is 4.68 Å². The Balaban J connectivity index is 1.14. The van der Waals surface area contributed by atoms with Crippen molar-refractivity contribution in [2.75, 3.05) is 31.5 Å². The van der Waals surface area contributed by atoms with Gasteiger partial charge in [0.05, 0.1) is 11.2 Å². The molecule has 2 fully saturated rings. The Kier molecular flexibility index (Phi) is 8.06. The van der Waals surface area contributed by atoms with E-state index in [9.17, 15) is 9.59 Å². The number of aryl methyl sites for hydroxylation is 1. The second-order valence-corrected chi connectivity index (χ2v) is 12.4. The lowest BCUT2D eigenvalue weighted by Gasteiger charge is -2.36. The highest BCUT2D eigenvalue weighted by Crippen LogP contribution is 2.30. The van der Waals surface area contributed by atoms with Crippen LogP contribution in [-0.2, 0) is 11.8 Å². The molecular formula is C30H42N8O3. The van der Waals surface area contributed by atoms with Gasteiger partial charge in [-0.2, -0.15) is 5.10 Å². The van der Waals surface area contributed by atoms with Gasteiger partial charge in [-0.25, -0.2) is 19.6 Å². The largest absolute Gasteiger partial charge is 0.444 e. The molecule has 2 aromatic heterocycles. The minimum atomic E-state index is -0.531. The number of fused-ring (bicyclic) bond motifs is 1. The van der Waals surface area contributed by atoms with Gasteiger partial charge in [-0.1, -0.05) is 19.9 Å². The number of anilines is 1. The van der Waals surface area contributed by atoms with Gasteiger partial charge in [0.25, 0.3) is 0 Å². The maximum absolute atomic E-state index is 12.9. The molecule has 1 saturated carbocycles. The molecule has 1 aromatic carbocycles. The first-order valence-electron chi connectivity index (χ1n) is 14.6. The molecule has 2 atom stereocenters. The smallest absolute Gasteiger partial charge is 0.410 e. The monoisotopic (exact) mass is 562 g/mol. The minimum absolute atomic E-state index is 0.0783. The van der Waals surface area contributed by atoms with Crippen LogP contribution in [0.3, 0.4) is 0 Å². The molecule has 2 aliphatic rings. The first kappa shape index (κ1) is 28.6. The second-order valence-electron chi connectivity index (χ2n) is 12.4. The molecule has 1 aliphatic heterocycles. The zero-order valence-electron chi connectivity index (χ0n) is 25.0. The number of aromatic nitrogens is 4. The Bertz CT molecular complexity index is 1400. The van der Waals surface area contributed by atoms with E-state index in [0.717, 1.165) is 41.4 Å². The molecule has 1 saturated heterocycles. The van der Waals surface area contributed by atoms with Crippen molar-refractivity contribution in [3.63, 3.8) is 0 Å². The summed E-state index contributed by atoms with van der Waals surface area (Å²) in [5.41, 5.74) is 3.54. The van der Waals surface area contributed by atoms with E-state index in [2.05, 4.69) is 46.7 Å². The second kappa shape index (κ2) is 11.5. The van der Waals surface area contributed by atoms with Crippen LogP contribution in [-0.4, -0.2) is 85.5 Å². The van der Waals surface area contributed by atoms with Crippen molar-refractivity contribution >= 4 is 29.0 Å². The molecule has 3 heterocycles. The molecule has 3 aromatic rings. The van der Waals surface area contributed by atoms with Crippen molar-refractivity contribution in [3.05, 3.63) is 36.2 Å². The van der Waals surface area contributed by atoms with Gasteiger partial charge in [-0.15, -0.1) is 0 Å². The van der Waals surface area contributed by atoms with Gasteiger partial charge in [0.1, 0.15) is 5.60 Å². The van der Waals surface area contributed by atoms with E-state index < -0.39 is 5.60 Å². The van der Waals surface area contributed by atoms with Crippen molar-refractivity contribution in [1.29, 1.82) is 0 Å². The van der Waals surface area contributed by atoms with E-state index in [-0.39, 0.29) is 24.2 Å². The summed E-state index contributed by atoms with van der Waals surface area (Å²) in [6, 6.07) is 8.37. The standard InChI is InChI=1S/C30H42N8O3/c1-19(2)26-23-17-20(7-10-25(23)35-36(26)6)24-11-12-31-27(34-24)32-21-8-9-22(18-21)33-28(39)37-13-15-38(16-14-37)29(40)41-30(3,4)5/h7,10-12,17,19,21-22H,8-9,13-16,18H2,1-6H3,(H,33,39)(H,31,32,34)/t21-,22-/m0/s1. The Hall–Kier alpha value is -3.89. The molecular weight excluding hydrogens is 520 g/mol. The lowest BCUT2D eigenvalue weighted by Crippen LogP contribution is -2.55. The van der Waals surface area contributed by atoms with Crippen LogP contribution in [0.1, 0.15) is 65.5 Å². The fourth-order valence-corrected chi connectivity index (χ4v) is 5.76. The summed E-state index contributed by atoms with van der Waals surface area (Å²) in [5, 5.41) is 12.5. The van der Waals surface area contributed by atoms with Gasteiger partial charge >= 0.3 is 12.1 Å². The molecule has 5 rings (SSSR count). The molecule has 0 bridgehead atoms. The van der Waals surface area contributed by atoms with Gasteiger partial charge in [0.2, 0.25) is 5.95 Å². The van der Waals surface area contributed by atoms with Crippen LogP contribution < -0.4 is 10.6 Å². The maximum atomic E-state index is 12.9. The molecule has 41 heavy (non-hydrogen) atoms. The average Bonchev–Trinajstić information content (AvgIpc) is 3.49. The third-order valence-electron chi connectivity index (χ3n) is 7.69. The third-order valence-corrected chi connectivity index (χ3v) is 7.69. The highest BCUT2D eigenvalue weighted by molar-refractivity contribution is 5.86.